The average Bonchev–Trinajstić information content (AvgIpc) is 3.24. The fraction of sp³-hybridized carbons (Fsp3) is 0.481. The zero-order valence-electron chi connectivity index (χ0n) is 20.2. The number of para-hydroxylation sites is 1. The van der Waals surface area contributed by atoms with Crippen molar-refractivity contribution in [3.8, 4) is 5.75 Å². The Morgan fingerprint density at radius 3 is 2.53 bits per heavy atom. The molecule has 5 rings (SSSR count). The minimum atomic E-state index is -0.0779. The molecule has 7 heteroatoms. The Labute approximate surface area is 201 Å². The van der Waals surface area contributed by atoms with E-state index >= 15 is 0 Å². The van der Waals surface area contributed by atoms with Crippen LogP contribution in [0.2, 0.25) is 0 Å². The van der Waals surface area contributed by atoms with Crippen LogP contribution in [0.1, 0.15) is 55.2 Å². The SMILES string of the molecule is CCC(C)n1nc(C(=O)NC2C[C@H]3COC[C@@H](C2)N3Cc2ccc(OC)cc2)c2ccccc21. The molecule has 3 aromatic rings. The van der Waals surface area contributed by atoms with Gasteiger partial charge in [-0.25, -0.2) is 0 Å². The van der Waals surface area contributed by atoms with Crippen molar-refractivity contribution in [2.75, 3.05) is 20.3 Å². The molecule has 2 aliphatic heterocycles. The Bertz CT molecular complexity index is 1130. The number of hydrogen-bond donors (Lipinski definition) is 1. The molecule has 2 aliphatic rings. The number of ether oxygens (including phenoxy) is 2. The van der Waals surface area contributed by atoms with Crippen LogP contribution in [0.3, 0.4) is 0 Å². The standard InChI is InChI=1S/C27H34N4O3/c1-4-18(2)31-25-8-6-5-7-24(25)26(29-31)27(32)28-20-13-21-16-34-17-22(14-20)30(21)15-19-9-11-23(33-3)12-10-19/h5-12,18,20-22H,4,13-17H2,1-3H3,(H,28,32)/t18?,20?,21-,22+. The maximum Gasteiger partial charge on any atom is 0.272 e. The van der Waals surface area contributed by atoms with Crippen molar-refractivity contribution in [2.24, 2.45) is 0 Å². The van der Waals surface area contributed by atoms with Gasteiger partial charge in [0, 0.05) is 36.1 Å². The number of piperidine rings is 1. The van der Waals surface area contributed by atoms with Crippen molar-refractivity contribution >= 4 is 16.8 Å². The lowest BCUT2D eigenvalue weighted by atomic mass is 9.89. The molecule has 2 saturated heterocycles. The Balaban J connectivity index is 1.30. The highest BCUT2D eigenvalue weighted by Gasteiger charge is 2.39. The number of aromatic nitrogens is 2. The number of methoxy groups -OCH3 is 1. The first-order chi connectivity index (χ1) is 16.6. The number of hydrogen-bond acceptors (Lipinski definition) is 5. The molecule has 1 N–H and O–H groups in total. The van der Waals surface area contributed by atoms with Gasteiger partial charge in [0.05, 0.1) is 25.8 Å². The molecule has 0 aliphatic carbocycles. The zero-order valence-corrected chi connectivity index (χ0v) is 20.2. The third kappa shape index (κ3) is 4.42. The fourth-order valence-electron chi connectivity index (χ4n) is 5.33. The normalized spacial score (nSPS) is 23.6. The molecule has 7 nitrogen and oxygen atoms in total. The molecule has 2 aromatic carbocycles. The topological polar surface area (TPSA) is 68.6 Å². The van der Waals surface area contributed by atoms with E-state index in [1.165, 1.54) is 5.56 Å². The van der Waals surface area contributed by atoms with Crippen molar-refractivity contribution in [1.82, 2.24) is 20.0 Å². The smallest absolute Gasteiger partial charge is 0.272 e. The highest BCUT2D eigenvalue weighted by molar-refractivity contribution is 6.05. The summed E-state index contributed by atoms with van der Waals surface area (Å²) in [6.07, 6.45) is 2.72. The van der Waals surface area contributed by atoms with E-state index < -0.39 is 0 Å². The summed E-state index contributed by atoms with van der Waals surface area (Å²) in [5.74, 6) is 0.794. The third-order valence-corrected chi connectivity index (χ3v) is 7.37. The number of benzene rings is 2. The molecule has 180 valence electrons. The molecular weight excluding hydrogens is 428 g/mol. The van der Waals surface area contributed by atoms with Gasteiger partial charge in [-0.15, -0.1) is 0 Å². The Morgan fingerprint density at radius 1 is 1.15 bits per heavy atom. The number of carbonyl (C=O) groups excluding carboxylic acids is 1. The second kappa shape index (κ2) is 9.76. The fourth-order valence-corrected chi connectivity index (χ4v) is 5.33. The van der Waals surface area contributed by atoms with Crippen LogP contribution in [0.15, 0.2) is 48.5 Å². The maximum atomic E-state index is 13.4. The van der Waals surface area contributed by atoms with E-state index in [0.717, 1.165) is 42.5 Å². The van der Waals surface area contributed by atoms with Crippen LogP contribution in [0.5, 0.6) is 5.75 Å². The predicted molar refractivity (Wildman–Crippen MR) is 132 cm³/mol. The summed E-state index contributed by atoms with van der Waals surface area (Å²) in [6.45, 7) is 6.56. The highest BCUT2D eigenvalue weighted by atomic mass is 16.5. The lowest BCUT2D eigenvalue weighted by Crippen LogP contribution is -2.60. The molecule has 2 bridgehead atoms. The number of nitrogens with zero attached hydrogens (tertiary/aromatic N) is 3. The first-order valence-electron chi connectivity index (χ1n) is 12.3. The van der Waals surface area contributed by atoms with Crippen LogP contribution >= 0.6 is 0 Å². The van der Waals surface area contributed by atoms with Crippen LogP contribution in [0.25, 0.3) is 10.9 Å². The van der Waals surface area contributed by atoms with Gasteiger partial charge in [-0.05, 0) is 49.9 Å². The summed E-state index contributed by atoms with van der Waals surface area (Å²) in [5, 5.41) is 8.97. The van der Waals surface area contributed by atoms with E-state index in [1.54, 1.807) is 7.11 Å². The van der Waals surface area contributed by atoms with Gasteiger partial charge in [0.25, 0.3) is 5.91 Å². The molecule has 2 unspecified atom stereocenters. The maximum absolute atomic E-state index is 13.4. The Morgan fingerprint density at radius 2 is 1.85 bits per heavy atom. The molecule has 4 atom stereocenters. The monoisotopic (exact) mass is 462 g/mol. The van der Waals surface area contributed by atoms with E-state index in [-0.39, 0.29) is 30.1 Å². The van der Waals surface area contributed by atoms with Gasteiger partial charge in [0.15, 0.2) is 5.69 Å². The second-order valence-electron chi connectivity index (χ2n) is 9.57. The number of nitrogens with one attached hydrogen (secondary N) is 1. The summed E-state index contributed by atoms with van der Waals surface area (Å²) in [6, 6.07) is 17.2. The molecule has 2 fully saturated rings. The molecule has 1 aromatic heterocycles. The first kappa shape index (κ1) is 22.9. The summed E-state index contributed by atoms with van der Waals surface area (Å²) in [4.78, 5) is 15.9. The number of carbonyl (C=O) groups is 1. The molecule has 1 amide bonds. The largest absolute Gasteiger partial charge is 0.497 e. The van der Waals surface area contributed by atoms with Gasteiger partial charge in [-0.3, -0.25) is 14.4 Å². The van der Waals surface area contributed by atoms with Crippen LogP contribution in [0.4, 0.5) is 0 Å². The van der Waals surface area contributed by atoms with Crippen molar-refractivity contribution in [3.05, 3.63) is 59.8 Å². The van der Waals surface area contributed by atoms with E-state index in [9.17, 15) is 4.79 Å². The van der Waals surface area contributed by atoms with Gasteiger partial charge >= 0.3 is 0 Å². The van der Waals surface area contributed by atoms with Crippen molar-refractivity contribution < 1.29 is 14.3 Å². The number of amides is 1. The zero-order chi connectivity index (χ0) is 23.7. The lowest BCUT2D eigenvalue weighted by molar-refractivity contribution is -0.0843. The highest BCUT2D eigenvalue weighted by Crippen LogP contribution is 2.30. The third-order valence-electron chi connectivity index (χ3n) is 7.37. The predicted octanol–water partition coefficient (Wildman–Crippen LogP) is 4.18. The minimum Gasteiger partial charge on any atom is -0.497 e. The summed E-state index contributed by atoms with van der Waals surface area (Å²) >= 11 is 0. The van der Waals surface area contributed by atoms with E-state index in [4.69, 9.17) is 14.6 Å². The van der Waals surface area contributed by atoms with Crippen molar-refractivity contribution in [2.45, 2.75) is 63.8 Å². The van der Waals surface area contributed by atoms with Crippen LogP contribution < -0.4 is 10.1 Å². The molecule has 3 heterocycles. The van der Waals surface area contributed by atoms with Gasteiger partial charge in [-0.2, -0.15) is 5.10 Å². The summed E-state index contributed by atoms with van der Waals surface area (Å²) in [5.41, 5.74) is 2.81. The molecule has 0 saturated carbocycles. The second-order valence-corrected chi connectivity index (χ2v) is 9.57. The van der Waals surface area contributed by atoms with Gasteiger partial charge < -0.3 is 14.8 Å². The number of rotatable bonds is 7. The molecule has 34 heavy (non-hydrogen) atoms. The van der Waals surface area contributed by atoms with Crippen LogP contribution in [-0.4, -0.2) is 59.0 Å². The van der Waals surface area contributed by atoms with Crippen molar-refractivity contribution in [1.29, 1.82) is 0 Å². The molecule has 0 spiro atoms. The Kier molecular flexibility index (Phi) is 6.57. The van der Waals surface area contributed by atoms with E-state index in [1.807, 2.05) is 41.1 Å². The average molecular weight is 463 g/mol. The van der Waals surface area contributed by atoms with Gasteiger partial charge in [0.2, 0.25) is 0 Å². The number of fused-ring (bicyclic) bond motifs is 3. The Hall–Kier alpha value is -2.90. The quantitative estimate of drug-likeness (QED) is 0.571. The molecular formula is C27H34N4O3. The van der Waals surface area contributed by atoms with Crippen LogP contribution in [-0.2, 0) is 11.3 Å². The molecule has 0 radical (unpaired) electrons. The lowest BCUT2D eigenvalue weighted by Gasteiger charge is -2.48. The van der Waals surface area contributed by atoms with Gasteiger partial charge in [-0.1, -0.05) is 37.3 Å². The minimum absolute atomic E-state index is 0.0779. The van der Waals surface area contributed by atoms with Crippen molar-refractivity contribution in [3.63, 3.8) is 0 Å². The van der Waals surface area contributed by atoms with Crippen LogP contribution in [0, 0.1) is 0 Å². The van der Waals surface area contributed by atoms with Gasteiger partial charge in [0.1, 0.15) is 5.75 Å². The van der Waals surface area contributed by atoms with E-state index in [2.05, 4.69) is 36.2 Å². The number of morpholine rings is 1. The van der Waals surface area contributed by atoms with E-state index in [0.29, 0.717) is 18.9 Å². The first-order valence-corrected chi connectivity index (χ1v) is 12.3. The summed E-state index contributed by atoms with van der Waals surface area (Å²) in [7, 11) is 1.69. The summed E-state index contributed by atoms with van der Waals surface area (Å²) < 4.78 is 13.2.